The molecule has 1 saturated heterocycles. The van der Waals surface area contributed by atoms with Crippen LogP contribution < -0.4 is 15.4 Å². The predicted molar refractivity (Wildman–Crippen MR) is 115 cm³/mol. The summed E-state index contributed by atoms with van der Waals surface area (Å²) >= 11 is 0. The first-order valence-corrected chi connectivity index (χ1v) is 9.98. The number of ether oxygens (including phenoxy) is 1. The number of H-pyrrole nitrogens is 1. The number of hydrogen-bond acceptors (Lipinski definition) is 5. The molecule has 0 unspecified atom stereocenters. The Bertz CT molecular complexity index is 897. The molecule has 148 valence electrons. The molecule has 1 aromatic carbocycles. The molecule has 3 N–H and O–H groups in total. The van der Waals surface area contributed by atoms with Crippen LogP contribution in [0.3, 0.4) is 0 Å². The van der Waals surface area contributed by atoms with Gasteiger partial charge in [0.1, 0.15) is 11.6 Å². The molecule has 0 atom stereocenters. The van der Waals surface area contributed by atoms with Gasteiger partial charge in [-0.25, -0.2) is 4.98 Å². The van der Waals surface area contributed by atoms with Gasteiger partial charge in [-0.05, 0) is 68.7 Å². The lowest BCUT2D eigenvalue weighted by Gasteiger charge is -2.29. The number of hydrogen-bond donors (Lipinski definition) is 3. The highest BCUT2D eigenvalue weighted by atomic mass is 16.5. The average Bonchev–Trinajstić information content (AvgIpc) is 3.23. The Morgan fingerprint density at radius 3 is 2.75 bits per heavy atom. The Balaban J connectivity index is 1.32. The summed E-state index contributed by atoms with van der Waals surface area (Å²) in [5.74, 6) is 2.56. The molecule has 1 aliphatic rings. The summed E-state index contributed by atoms with van der Waals surface area (Å²) < 4.78 is 5.41. The van der Waals surface area contributed by atoms with Crippen molar-refractivity contribution < 1.29 is 4.74 Å². The SMILES string of the molecule is COc1ccc(NCc2ccc(NCC3CCN(C)CC3)nc2)c2cc[nH]c12. The number of nitrogens with one attached hydrogen (secondary N) is 3. The summed E-state index contributed by atoms with van der Waals surface area (Å²) in [6.07, 6.45) is 6.41. The van der Waals surface area contributed by atoms with Gasteiger partial charge in [0.05, 0.1) is 12.6 Å². The van der Waals surface area contributed by atoms with Crippen LogP contribution in [0.15, 0.2) is 42.7 Å². The highest BCUT2D eigenvalue weighted by Gasteiger charge is 2.16. The van der Waals surface area contributed by atoms with E-state index in [2.05, 4.69) is 56.8 Å². The molecule has 0 bridgehead atoms. The van der Waals surface area contributed by atoms with Crippen molar-refractivity contribution in [3.63, 3.8) is 0 Å². The maximum atomic E-state index is 5.41. The third kappa shape index (κ3) is 4.22. The number of methoxy groups -OCH3 is 1. The molecule has 6 nitrogen and oxygen atoms in total. The van der Waals surface area contributed by atoms with Crippen LogP contribution in [0.1, 0.15) is 18.4 Å². The van der Waals surface area contributed by atoms with Crippen LogP contribution in [0, 0.1) is 5.92 Å². The van der Waals surface area contributed by atoms with E-state index in [0.29, 0.717) is 0 Å². The number of anilines is 2. The lowest BCUT2D eigenvalue weighted by molar-refractivity contribution is 0.226. The standard InChI is InChI=1S/C22H29N5O/c1-27-11-8-16(9-12-27)13-25-21-6-3-17(15-26-21)14-24-19-4-5-20(28-2)22-18(19)7-10-23-22/h3-7,10,15-16,23-24H,8-9,11-14H2,1-2H3,(H,25,26). The minimum atomic E-state index is 0.731. The molecule has 0 spiro atoms. The van der Waals surface area contributed by atoms with Crippen LogP contribution in [-0.2, 0) is 6.54 Å². The van der Waals surface area contributed by atoms with Crippen molar-refractivity contribution in [1.29, 1.82) is 0 Å². The molecule has 4 rings (SSSR count). The van der Waals surface area contributed by atoms with Crippen LogP contribution in [-0.4, -0.2) is 48.7 Å². The molecule has 0 radical (unpaired) electrons. The molecule has 0 aliphatic carbocycles. The van der Waals surface area contributed by atoms with E-state index < -0.39 is 0 Å². The topological polar surface area (TPSA) is 65.2 Å². The fourth-order valence-electron chi connectivity index (χ4n) is 3.80. The van der Waals surface area contributed by atoms with Crippen molar-refractivity contribution in [1.82, 2.24) is 14.9 Å². The quantitative estimate of drug-likeness (QED) is 0.580. The Kier molecular flexibility index (Phi) is 5.67. The van der Waals surface area contributed by atoms with Crippen LogP contribution in [0.2, 0.25) is 0 Å². The molecular weight excluding hydrogens is 350 g/mol. The van der Waals surface area contributed by atoms with Gasteiger partial charge in [0, 0.05) is 36.6 Å². The van der Waals surface area contributed by atoms with E-state index in [0.717, 1.165) is 52.7 Å². The van der Waals surface area contributed by atoms with Crippen LogP contribution in [0.5, 0.6) is 5.75 Å². The molecule has 28 heavy (non-hydrogen) atoms. The molecule has 2 aromatic heterocycles. The van der Waals surface area contributed by atoms with E-state index in [-0.39, 0.29) is 0 Å². The summed E-state index contributed by atoms with van der Waals surface area (Å²) in [6.45, 7) is 4.14. The zero-order valence-corrected chi connectivity index (χ0v) is 16.7. The van der Waals surface area contributed by atoms with Crippen molar-refractivity contribution in [2.45, 2.75) is 19.4 Å². The van der Waals surface area contributed by atoms with Crippen molar-refractivity contribution in [2.75, 3.05) is 44.4 Å². The van der Waals surface area contributed by atoms with Gasteiger partial charge < -0.3 is 25.3 Å². The number of piperidine rings is 1. The van der Waals surface area contributed by atoms with Crippen molar-refractivity contribution in [2.24, 2.45) is 5.92 Å². The number of nitrogens with zero attached hydrogens (tertiary/aromatic N) is 2. The maximum absolute atomic E-state index is 5.41. The van der Waals surface area contributed by atoms with E-state index in [1.807, 2.05) is 18.5 Å². The first kappa shape index (κ1) is 18.6. The summed E-state index contributed by atoms with van der Waals surface area (Å²) in [6, 6.07) is 10.3. The zero-order valence-electron chi connectivity index (χ0n) is 16.7. The summed E-state index contributed by atoms with van der Waals surface area (Å²) in [4.78, 5) is 10.2. The second-order valence-corrected chi connectivity index (χ2v) is 7.61. The van der Waals surface area contributed by atoms with E-state index in [1.165, 1.54) is 25.9 Å². The van der Waals surface area contributed by atoms with Gasteiger partial charge >= 0.3 is 0 Å². The average molecular weight is 380 g/mol. The number of aromatic nitrogens is 2. The highest BCUT2D eigenvalue weighted by Crippen LogP contribution is 2.30. The van der Waals surface area contributed by atoms with E-state index >= 15 is 0 Å². The van der Waals surface area contributed by atoms with Crippen LogP contribution >= 0.6 is 0 Å². The fourth-order valence-corrected chi connectivity index (χ4v) is 3.80. The Morgan fingerprint density at radius 1 is 1.14 bits per heavy atom. The molecule has 1 fully saturated rings. The van der Waals surface area contributed by atoms with E-state index in [9.17, 15) is 0 Å². The van der Waals surface area contributed by atoms with Crippen molar-refractivity contribution >= 4 is 22.4 Å². The summed E-state index contributed by atoms with van der Waals surface area (Å²) in [5, 5.41) is 8.13. The van der Waals surface area contributed by atoms with Crippen molar-refractivity contribution in [3.05, 3.63) is 48.3 Å². The van der Waals surface area contributed by atoms with Gasteiger partial charge in [-0.1, -0.05) is 6.07 Å². The third-order valence-corrected chi connectivity index (χ3v) is 5.62. The maximum Gasteiger partial charge on any atom is 0.143 e. The molecule has 3 heterocycles. The van der Waals surface area contributed by atoms with Gasteiger partial charge in [0.15, 0.2) is 0 Å². The van der Waals surface area contributed by atoms with Crippen LogP contribution in [0.25, 0.3) is 10.9 Å². The smallest absolute Gasteiger partial charge is 0.143 e. The second kappa shape index (κ2) is 8.52. The first-order valence-electron chi connectivity index (χ1n) is 9.98. The molecule has 1 aliphatic heterocycles. The van der Waals surface area contributed by atoms with E-state index in [4.69, 9.17) is 4.74 Å². The lowest BCUT2D eigenvalue weighted by Crippen LogP contribution is -2.33. The molecule has 0 saturated carbocycles. The number of benzene rings is 1. The molecule has 3 aromatic rings. The zero-order chi connectivity index (χ0) is 19.3. The molecule has 0 amide bonds. The van der Waals surface area contributed by atoms with Gasteiger partial charge in [-0.3, -0.25) is 0 Å². The predicted octanol–water partition coefficient (Wildman–Crippen LogP) is 3.94. The summed E-state index contributed by atoms with van der Waals surface area (Å²) in [7, 11) is 3.89. The van der Waals surface area contributed by atoms with Gasteiger partial charge in [-0.2, -0.15) is 0 Å². The number of fused-ring (bicyclic) bond motifs is 1. The fraction of sp³-hybridized carbons (Fsp3) is 0.409. The van der Waals surface area contributed by atoms with Crippen LogP contribution in [0.4, 0.5) is 11.5 Å². The molecule has 6 heteroatoms. The van der Waals surface area contributed by atoms with Gasteiger partial charge in [0.25, 0.3) is 0 Å². The minimum Gasteiger partial charge on any atom is -0.495 e. The lowest BCUT2D eigenvalue weighted by atomic mass is 9.97. The number of likely N-dealkylation sites (tertiary alicyclic amines) is 1. The van der Waals surface area contributed by atoms with Gasteiger partial charge in [0.2, 0.25) is 0 Å². The molecular formula is C22H29N5O. The monoisotopic (exact) mass is 379 g/mol. The highest BCUT2D eigenvalue weighted by molar-refractivity contribution is 5.95. The Labute approximate surface area is 166 Å². The Hall–Kier alpha value is -2.73. The number of pyridine rings is 1. The van der Waals surface area contributed by atoms with E-state index in [1.54, 1.807) is 7.11 Å². The third-order valence-electron chi connectivity index (χ3n) is 5.62. The first-order chi connectivity index (χ1) is 13.7. The Morgan fingerprint density at radius 2 is 2.00 bits per heavy atom. The number of aromatic amines is 1. The van der Waals surface area contributed by atoms with Gasteiger partial charge in [-0.15, -0.1) is 0 Å². The largest absolute Gasteiger partial charge is 0.495 e. The second-order valence-electron chi connectivity index (χ2n) is 7.61. The van der Waals surface area contributed by atoms with Crippen molar-refractivity contribution in [3.8, 4) is 5.75 Å². The minimum absolute atomic E-state index is 0.731. The summed E-state index contributed by atoms with van der Waals surface area (Å²) in [5.41, 5.74) is 3.25. The normalized spacial score (nSPS) is 15.6. The number of rotatable bonds is 7.